The monoisotopic (exact) mass is 242 g/mol. The number of nitrogens with zero attached hydrogens (tertiary/aromatic N) is 1. The first-order chi connectivity index (χ1) is 7.58. The number of hydrogen-bond donors (Lipinski definition) is 2. The molecule has 6 nitrogen and oxygen atoms in total. The molecular formula is C9H10N2O4S. The molecule has 7 heteroatoms. The van der Waals surface area contributed by atoms with Crippen LogP contribution in [-0.4, -0.2) is 28.6 Å². The lowest BCUT2D eigenvalue weighted by molar-refractivity contribution is -0.147. The van der Waals surface area contributed by atoms with E-state index in [0.29, 0.717) is 5.69 Å². The Kier molecular flexibility index (Phi) is 4.62. The van der Waals surface area contributed by atoms with Gasteiger partial charge < -0.3 is 5.11 Å². The van der Waals surface area contributed by atoms with Gasteiger partial charge in [-0.25, -0.2) is 15.3 Å². The average molecular weight is 242 g/mol. The van der Waals surface area contributed by atoms with Crippen molar-refractivity contribution >= 4 is 29.3 Å². The van der Waals surface area contributed by atoms with Crippen LogP contribution in [0.25, 0.3) is 6.08 Å². The number of carboxylic acids is 1. The van der Waals surface area contributed by atoms with Crippen LogP contribution in [0.3, 0.4) is 0 Å². The topological polar surface area (TPSA) is 88.5 Å². The van der Waals surface area contributed by atoms with E-state index < -0.39 is 18.5 Å². The Morgan fingerprint density at radius 1 is 1.69 bits per heavy atom. The molecule has 2 N–H and O–H groups in total. The maximum absolute atomic E-state index is 11.1. The predicted octanol–water partition coefficient (Wildman–Crippen LogP) is 0.597. The summed E-state index contributed by atoms with van der Waals surface area (Å²) < 4.78 is 0. The van der Waals surface area contributed by atoms with Gasteiger partial charge in [0.15, 0.2) is 6.61 Å². The highest BCUT2D eigenvalue weighted by Gasteiger charge is 1.99. The first kappa shape index (κ1) is 12.3. The molecule has 1 amide bonds. The maximum atomic E-state index is 11.1. The van der Waals surface area contributed by atoms with Gasteiger partial charge in [0.1, 0.15) is 0 Å². The van der Waals surface area contributed by atoms with Gasteiger partial charge in [0.25, 0.3) is 5.91 Å². The summed E-state index contributed by atoms with van der Waals surface area (Å²) in [7, 11) is 0. The van der Waals surface area contributed by atoms with Crippen molar-refractivity contribution in [1.29, 1.82) is 0 Å². The summed E-state index contributed by atoms with van der Waals surface area (Å²) in [5.41, 5.74) is 2.64. The summed E-state index contributed by atoms with van der Waals surface area (Å²) in [6, 6.07) is 0. The van der Waals surface area contributed by atoms with Crippen molar-refractivity contribution in [2.45, 2.75) is 6.92 Å². The Morgan fingerprint density at radius 3 is 3.00 bits per heavy atom. The second-order valence-electron chi connectivity index (χ2n) is 2.77. The van der Waals surface area contributed by atoms with Crippen molar-refractivity contribution in [1.82, 2.24) is 10.5 Å². The fraction of sp³-hybridized carbons (Fsp3) is 0.222. The minimum Gasteiger partial charge on any atom is -0.479 e. The van der Waals surface area contributed by atoms with Crippen LogP contribution < -0.4 is 5.48 Å². The smallest absolute Gasteiger partial charge is 0.332 e. The molecule has 16 heavy (non-hydrogen) atoms. The molecular weight excluding hydrogens is 232 g/mol. The Hall–Kier alpha value is -1.73. The van der Waals surface area contributed by atoms with Gasteiger partial charge in [0.05, 0.1) is 10.7 Å². The normalized spacial score (nSPS) is 10.6. The Morgan fingerprint density at radius 2 is 2.44 bits per heavy atom. The molecule has 0 saturated heterocycles. The SMILES string of the molecule is Cc1nc(C=CC(=O)NOCC(=O)O)cs1. The standard InChI is InChI=1S/C9H10N2O4S/c1-6-10-7(5-16-6)2-3-8(12)11-15-4-9(13)14/h2-3,5H,4H2,1H3,(H,11,12)(H,13,14). The van der Waals surface area contributed by atoms with E-state index in [9.17, 15) is 9.59 Å². The summed E-state index contributed by atoms with van der Waals surface area (Å²) >= 11 is 1.47. The van der Waals surface area contributed by atoms with Crippen molar-refractivity contribution in [2.75, 3.05) is 6.61 Å². The molecule has 86 valence electrons. The van der Waals surface area contributed by atoms with E-state index in [-0.39, 0.29) is 0 Å². The van der Waals surface area contributed by atoms with E-state index in [1.807, 2.05) is 12.4 Å². The number of amides is 1. The number of thiazole rings is 1. The number of hydrogen-bond acceptors (Lipinski definition) is 5. The average Bonchev–Trinajstić information content (AvgIpc) is 2.61. The zero-order chi connectivity index (χ0) is 12.0. The molecule has 0 radical (unpaired) electrons. The first-order valence-electron chi connectivity index (χ1n) is 4.31. The zero-order valence-corrected chi connectivity index (χ0v) is 9.28. The van der Waals surface area contributed by atoms with Gasteiger partial charge in [-0.1, -0.05) is 0 Å². The molecule has 0 bridgehead atoms. The van der Waals surface area contributed by atoms with Crippen LogP contribution in [0.15, 0.2) is 11.5 Å². The number of rotatable bonds is 5. The van der Waals surface area contributed by atoms with E-state index >= 15 is 0 Å². The van der Waals surface area contributed by atoms with Gasteiger partial charge in [-0.05, 0) is 13.0 Å². The molecule has 1 heterocycles. The molecule has 0 aliphatic heterocycles. The fourth-order valence-corrected chi connectivity index (χ4v) is 1.40. The van der Waals surface area contributed by atoms with Gasteiger partial charge in [0, 0.05) is 11.5 Å². The van der Waals surface area contributed by atoms with E-state index in [2.05, 4.69) is 9.82 Å². The summed E-state index contributed by atoms with van der Waals surface area (Å²) in [4.78, 5) is 29.6. The Labute approximate surface area is 95.5 Å². The van der Waals surface area contributed by atoms with Crippen molar-refractivity contribution in [2.24, 2.45) is 0 Å². The van der Waals surface area contributed by atoms with Crippen molar-refractivity contribution in [3.63, 3.8) is 0 Å². The van der Waals surface area contributed by atoms with Gasteiger partial charge in [-0.2, -0.15) is 0 Å². The highest BCUT2D eigenvalue weighted by atomic mass is 32.1. The van der Waals surface area contributed by atoms with Crippen LogP contribution in [-0.2, 0) is 14.4 Å². The Bertz CT molecular complexity index is 413. The molecule has 0 aliphatic carbocycles. The highest BCUT2D eigenvalue weighted by molar-refractivity contribution is 7.09. The van der Waals surface area contributed by atoms with E-state index in [1.54, 1.807) is 5.38 Å². The van der Waals surface area contributed by atoms with Crippen LogP contribution in [0.5, 0.6) is 0 Å². The number of carbonyl (C=O) groups is 2. The van der Waals surface area contributed by atoms with Crippen LogP contribution in [0, 0.1) is 6.92 Å². The number of aryl methyl sites for hydroxylation is 1. The van der Waals surface area contributed by atoms with E-state index in [4.69, 9.17) is 5.11 Å². The summed E-state index contributed by atoms with van der Waals surface area (Å²) in [6.45, 7) is 1.29. The lowest BCUT2D eigenvalue weighted by atomic mass is 10.4. The third-order valence-corrected chi connectivity index (χ3v) is 2.20. The molecule has 0 unspecified atom stereocenters. The summed E-state index contributed by atoms with van der Waals surface area (Å²) in [6.07, 6.45) is 2.74. The number of carboxylic acid groups (broad SMARTS) is 1. The first-order valence-corrected chi connectivity index (χ1v) is 5.19. The van der Waals surface area contributed by atoms with Crippen molar-refractivity contribution < 1.29 is 19.5 Å². The fourth-order valence-electron chi connectivity index (χ4n) is 0.821. The lowest BCUT2D eigenvalue weighted by Gasteiger charge is -1.98. The predicted molar refractivity (Wildman–Crippen MR) is 57.6 cm³/mol. The minimum absolute atomic E-state index is 0.535. The number of hydroxylamine groups is 1. The van der Waals surface area contributed by atoms with E-state index in [0.717, 1.165) is 5.01 Å². The van der Waals surface area contributed by atoms with Gasteiger partial charge >= 0.3 is 5.97 Å². The molecule has 0 spiro atoms. The second-order valence-corrected chi connectivity index (χ2v) is 3.84. The number of aromatic nitrogens is 1. The van der Waals surface area contributed by atoms with Crippen LogP contribution in [0.1, 0.15) is 10.7 Å². The molecule has 0 aromatic carbocycles. The highest BCUT2D eigenvalue weighted by Crippen LogP contribution is 2.08. The lowest BCUT2D eigenvalue weighted by Crippen LogP contribution is -2.24. The van der Waals surface area contributed by atoms with Crippen molar-refractivity contribution in [3.8, 4) is 0 Å². The molecule has 1 aromatic rings. The third kappa shape index (κ3) is 4.67. The van der Waals surface area contributed by atoms with Crippen LogP contribution >= 0.6 is 11.3 Å². The zero-order valence-electron chi connectivity index (χ0n) is 8.47. The Balaban J connectivity index is 2.34. The van der Waals surface area contributed by atoms with Gasteiger partial charge in [-0.3, -0.25) is 9.63 Å². The number of nitrogens with one attached hydrogen (secondary N) is 1. The largest absolute Gasteiger partial charge is 0.479 e. The number of carbonyl (C=O) groups excluding carboxylic acids is 1. The maximum Gasteiger partial charge on any atom is 0.332 e. The third-order valence-electron chi connectivity index (χ3n) is 1.41. The molecule has 1 rings (SSSR count). The molecule has 0 aliphatic rings. The van der Waals surface area contributed by atoms with Crippen LogP contribution in [0.4, 0.5) is 0 Å². The molecule has 0 atom stereocenters. The summed E-state index contributed by atoms with van der Waals surface area (Å²) in [5.74, 6) is -1.69. The minimum atomic E-state index is -1.15. The van der Waals surface area contributed by atoms with Crippen molar-refractivity contribution in [3.05, 3.63) is 22.2 Å². The molecule has 0 saturated carbocycles. The molecule has 0 fully saturated rings. The van der Waals surface area contributed by atoms with Gasteiger partial charge in [0.2, 0.25) is 0 Å². The molecule has 1 aromatic heterocycles. The second kappa shape index (κ2) is 5.99. The van der Waals surface area contributed by atoms with E-state index in [1.165, 1.54) is 23.5 Å². The summed E-state index contributed by atoms with van der Waals surface area (Å²) in [5, 5.41) is 10.9. The quantitative estimate of drug-likeness (QED) is 0.583. The van der Waals surface area contributed by atoms with Crippen LogP contribution in [0.2, 0.25) is 0 Å². The number of aliphatic carboxylic acids is 1. The van der Waals surface area contributed by atoms with Gasteiger partial charge in [-0.15, -0.1) is 11.3 Å².